The molecule has 0 spiro atoms. The number of aromatic nitrogens is 3. The fraction of sp³-hybridized carbons (Fsp3) is 0.455. The van der Waals surface area contributed by atoms with Crippen molar-refractivity contribution in [3.8, 4) is 0 Å². The van der Waals surface area contributed by atoms with Gasteiger partial charge in [0.2, 0.25) is 0 Å². The first kappa shape index (κ1) is 11.1. The number of hydrogen-bond donors (Lipinski definition) is 1. The molecule has 0 aliphatic carbocycles. The summed E-state index contributed by atoms with van der Waals surface area (Å²) in [6, 6.07) is 4.24. The van der Waals surface area contributed by atoms with Crippen LogP contribution in [0, 0.1) is 0 Å². The zero-order valence-corrected chi connectivity index (χ0v) is 10.9. The standard InChI is InChI=1S/C11H13BrN4O/c12-8-1-2-11-14-10(15-16(11)6-8)5-9-7-17-4-3-13-9/h1-2,6,9,13H,3-5,7H2. The smallest absolute Gasteiger partial charge is 0.155 e. The minimum Gasteiger partial charge on any atom is -0.379 e. The van der Waals surface area contributed by atoms with Gasteiger partial charge in [0.05, 0.1) is 13.2 Å². The van der Waals surface area contributed by atoms with Gasteiger partial charge in [-0.15, -0.1) is 0 Å². The molecule has 6 heteroatoms. The number of morpholine rings is 1. The molecule has 17 heavy (non-hydrogen) atoms. The molecule has 2 aromatic heterocycles. The van der Waals surface area contributed by atoms with Gasteiger partial charge in [0.1, 0.15) is 0 Å². The summed E-state index contributed by atoms with van der Waals surface area (Å²) in [6.07, 6.45) is 2.72. The van der Waals surface area contributed by atoms with E-state index >= 15 is 0 Å². The molecule has 3 rings (SSSR count). The van der Waals surface area contributed by atoms with E-state index in [2.05, 4.69) is 31.3 Å². The minimum absolute atomic E-state index is 0.324. The van der Waals surface area contributed by atoms with Gasteiger partial charge in [-0.1, -0.05) is 0 Å². The van der Waals surface area contributed by atoms with E-state index in [0.717, 1.165) is 42.1 Å². The zero-order valence-electron chi connectivity index (χ0n) is 9.27. The summed E-state index contributed by atoms with van der Waals surface area (Å²) in [6.45, 7) is 2.44. The highest BCUT2D eigenvalue weighted by molar-refractivity contribution is 9.10. The lowest BCUT2D eigenvalue weighted by atomic mass is 10.2. The molecule has 1 aliphatic heterocycles. The summed E-state index contributed by atoms with van der Waals surface area (Å²) in [5, 5.41) is 7.85. The van der Waals surface area contributed by atoms with E-state index in [4.69, 9.17) is 4.74 Å². The third-order valence-electron chi connectivity index (χ3n) is 2.77. The molecular weight excluding hydrogens is 284 g/mol. The van der Waals surface area contributed by atoms with Crippen molar-refractivity contribution in [3.63, 3.8) is 0 Å². The van der Waals surface area contributed by atoms with E-state index < -0.39 is 0 Å². The molecule has 5 nitrogen and oxygen atoms in total. The van der Waals surface area contributed by atoms with Crippen LogP contribution in [-0.4, -0.2) is 40.4 Å². The molecule has 3 heterocycles. The summed E-state index contributed by atoms with van der Waals surface area (Å²) >= 11 is 3.42. The first-order chi connectivity index (χ1) is 8.31. The summed E-state index contributed by atoms with van der Waals surface area (Å²) in [5.41, 5.74) is 0.875. The Balaban J connectivity index is 1.80. The first-order valence-corrected chi connectivity index (χ1v) is 6.42. The second-order valence-corrected chi connectivity index (χ2v) is 5.02. The lowest BCUT2D eigenvalue weighted by Crippen LogP contribution is -2.42. The van der Waals surface area contributed by atoms with E-state index in [1.807, 2.05) is 18.3 Å². The molecule has 0 aromatic carbocycles. The van der Waals surface area contributed by atoms with Crippen molar-refractivity contribution in [1.82, 2.24) is 19.9 Å². The van der Waals surface area contributed by atoms with Crippen molar-refractivity contribution in [2.45, 2.75) is 12.5 Å². The quantitative estimate of drug-likeness (QED) is 0.899. The minimum atomic E-state index is 0.324. The average Bonchev–Trinajstić information content (AvgIpc) is 2.71. The van der Waals surface area contributed by atoms with Crippen LogP contribution in [0.15, 0.2) is 22.8 Å². The summed E-state index contributed by atoms with van der Waals surface area (Å²) < 4.78 is 8.21. The van der Waals surface area contributed by atoms with E-state index in [0.29, 0.717) is 6.04 Å². The lowest BCUT2D eigenvalue weighted by Gasteiger charge is -2.22. The molecule has 0 amide bonds. The number of fused-ring (bicyclic) bond motifs is 1. The molecule has 1 N–H and O–H groups in total. The van der Waals surface area contributed by atoms with Gasteiger partial charge in [-0.2, -0.15) is 5.10 Å². The van der Waals surface area contributed by atoms with Gasteiger partial charge in [0, 0.05) is 29.7 Å². The number of pyridine rings is 1. The van der Waals surface area contributed by atoms with Crippen molar-refractivity contribution in [2.24, 2.45) is 0 Å². The SMILES string of the molecule is Brc1ccc2nc(CC3COCCN3)nn2c1. The maximum atomic E-state index is 5.42. The third-order valence-corrected chi connectivity index (χ3v) is 3.24. The van der Waals surface area contributed by atoms with Crippen LogP contribution in [0.5, 0.6) is 0 Å². The van der Waals surface area contributed by atoms with Crippen molar-refractivity contribution in [2.75, 3.05) is 19.8 Å². The topological polar surface area (TPSA) is 51.5 Å². The Morgan fingerprint density at radius 3 is 3.29 bits per heavy atom. The number of nitrogens with zero attached hydrogens (tertiary/aromatic N) is 3. The van der Waals surface area contributed by atoms with Gasteiger partial charge in [-0.3, -0.25) is 0 Å². The number of rotatable bonds is 2. The Morgan fingerprint density at radius 1 is 1.53 bits per heavy atom. The van der Waals surface area contributed by atoms with E-state index in [1.165, 1.54) is 0 Å². The average molecular weight is 297 g/mol. The Bertz CT molecular complexity index is 521. The van der Waals surface area contributed by atoms with Gasteiger partial charge >= 0.3 is 0 Å². The molecular formula is C11H13BrN4O. The van der Waals surface area contributed by atoms with Crippen LogP contribution in [0.25, 0.3) is 5.65 Å². The monoisotopic (exact) mass is 296 g/mol. The molecule has 0 radical (unpaired) electrons. The molecule has 0 bridgehead atoms. The fourth-order valence-corrected chi connectivity index (χ4v) is 2.29. The number of halogens is 1. The number of nitrogens with one attached hydrogen (secondary N) is 1. The molecule has 1 aliphatic rings. The Hall–Kier alpha value is -0.980. The van der Waals surface area contributed by atoms with E-state index in [1.54, 1.807) is 4.52 Å². The van der Waals surface area contributed by atoms with Crippen molar-refractivity contribution < 1.29 is 4.74 Å². The molecule has 90 valence electrons. The largest absolute Gasteiger partial charge is 0.379 e. The highest BCUT2D eigenvalue weighted by Gasteiger charge is 2.16. The van der Waals surface area contributed by atoms with Crippen molar-refractivity contribution in [1.29, 1.82) is 0 Å². The molecule has 1 fully saturated rings. The fourth-order valence-electron chi connectivity index (χ4n) is 1.96. The van der Waals surface area contributed by atoms with Crippen LogP contribution >= 0.6 is 15.9 Å². The van der Waals surface area contributed by atoms with Gasteiger partial charge < -0.3 is 10.1 Å². The first-order valence-electron chi connectivity index (χ1n) is 5.63. The summed E-state index contributed by atoms with van der Waals surface area (Å²) in [5.74, 6) is 0.853. The van der Waals surface area contributed by atoms with Crippen molar-refractivity contribution in [3.05, 3.63) is 28.6 Å². The summed E-state index contributed by atoms with van der Waals surface area (Å²) in [4.78, 5) is 4.48. The Labute approximate surface area is 107 Å². The zero-order chi connectivity index (χ0) is 11.7. The van der Waals surface area contributed by atoms with Gasteiger partial charge in [0.15, 0.2) is 11.5 Å². The molecule has 1 saturated heterocycles. The van der Waals surface area contributed by atoms with Crippen LogP contribution in [0.4, 0.5) is 0 Å². The number of hydrogen-bond acceptors (Lipinski definition) is 4. The Kier molecular flexibility index (Phi) is 3.09. The molecule has 1 unspecified atom stereocenters. The van der Waals surface area contributed by atoms with Crippen LogP contribution < -0.4 is 5.32 Å². The number of ether oxygens (including phenoxy) is 1. The van der Waals surface area contributed by atoms with Crippen LogP contribution in [0.1, 0.15) is 5.82 Å². The highest BCUT2D eigenvalue weighted by Crippen LogP contribution is 2.11. The molecule has 1 atom stereocenters. The predicted octanol–water partition coefficient (Wildman–Crippen LogP) is 1.02. The van der Waals surface area contributed by atoms with Crippen LogP contribution in [-0.2, 0) is 11.2 Å². The van der Waals surface area contributed by atoms with Gasteiger partial charge in [0.25, 0.3) is 0 Å². The predicted molar refractivity (Wildman–Crippen MR) is 67.0 cm³/mol. The van der Waals surface area contributed by atoms with Gasteiger partial charge in [-0.05, 0) is 28.1 Å². The third kappa shape index (κ3) is 2.48. The summed E-state index contributed by atoms with van der Waals surface area (Å²) in [7, 11) is 0. The second kappa shape index (κ2) is 4.72. The van der Waals surface area contributed by atoms with E-state index in [9.17, 15) is 0 Å². The lowest BCUT2D eigenvalue weighted by molar-refractivity contribution is 0.0764. The van der Waals surface area contributed by atoms with Crippen molar-refractivity contribution >= 4 is 21.6 Å². The van der Waals surface area contributed by atoms with Crippen LogP contribution in [0.3, 0.4) is 0 Å². The maximum absolute atomic E-state index is 5.42. The highest BCUT2D eigenvalue weighted by atomic mass is 79.9. The Morgan fingerprint density at radius 2 is 2.47 bits per heavy atom. The van der Waals surface area contributed by atoms with Gasteiger partial charge in [-0.25, -0.2) is 9.50 Å². The maximum Gasteiger partial charge on any atom is 0.155 e. The normalized spacial score (nSPS) is 20.9. The molecule has 0 saturated carbocycles. The van der Waals surface area contributed by atoms with Crippen LogP contribution in [0.2, 0.25) is 0 Å². The van der Waals surface area contributed by atoms with E-state index in [-0.39, 0.29) is 0 Å². The molecule has 2 aromatic rings. The second-order valence-electron chi connectivity index (χ2n) is 4.11.